The number of hydrogen-bond donors (Lipinski definition) is 3. The standard InChI is InChI=1S/C29H35NO4/c1-4-28(32)29(33,20-6-5-7-21-31)34-27-18-16-26(17-19-27)30(24-12-8-22(2)9-13-24)25-14-10-23(3)11-15-25/h4,8-19,28,31-33H,1,5-7,20-21H2,2-3H3. The minimum atomic E-state index is -1.79. The molecule has 0 aliphatic heterocycles. The molecule has 0 amide bonds. The van der Waals surface area contributed by atoms with Crippen molar-refractivity contribution in [3.05, 3.63) is 96.6 Å². The Morgan fingerprint density at radius 3 is 1.74 bits per heavy atom. The summed E-state index contributed by atoms with van der Waals surface area (Å²) >= 11 is 0. The van der Waals surface area contributed by atoms with Gasteiger partial charge in [0.15, 0.2) is 0 Å². The van der Waals surface area contributed by atoms with E-state index in [2.05, 4.69) is 73.9 Å². The molecule has 0 bridgehead atoms. The van der Waals surface area contributed by atoms with Gasteiger partial charge >= 0.3 is 0 Å². The summed E-state index contributed by atoms with van der Waals surface area (Å²) < 4.78 is 5.87. The molecule has 5 heteroatoms. The van der Waals surface area contributed by atoms with Gasteiger partial charge in [-0.15, -0.1) is 6.58 Å². The number of anilines is 3. The van der Waals surface area contributed by atoms with Crippen LogP contribution in [0.3, 0.4) is 0 Å². The van der Waals surface area contributed by atoms with Crippen LogP contribution in [0.5, 0.6) is 5.75 Å². The molecule has 5 nitrogen and oxygen atoms in total. The fourth-order valence-electron chi connectivity index (χ4n) is 3.81. The minimum Gasteiger partial charge on any atom is -0.459 e. The number of rotatable bonds is 12. The predicted octanol–water partition coefficient (Wildman–Crippen LogP) is 5.94. The van der Waals surface area contributed by atoms with Crippen LogP contribution in [0, 0.1) is 13.8 Å². The summed E-state index contributed by atoms with van der Waals surface area (Å²) in [6, 6.07) is 24.1. The average molecular weight is 462 g/mol. The third-order valence-electron chi connectivity index (χ3n) is 5.85. The van der Waals surface area contributed by atoms with Gasteiger partial charge in [-0.05, 0) is 75.2 Å². The molecule has 3 rings (SSSR count). The Kier molecular flexibility index (Phi) is 8.88. The van der Waals surface area contributed by atoms with Gasteiger partial charge in [0.1, 0.15) is 11.9 Å². The minimum absolute atomic E-state index is 0.100. The summed E-state index contributed by atoms with van der Waals surface area (Å²) in [6.45, 7) is 7.82. The molecule has 0 aliphatic carbocycles. The van der Waals surface area contributed by atoms with Crippen molar-refractivity contribution < 1.29 is 20.1 Å². The molecule has 180 valence electrons. The Bertz CT molecular complexity index is 986. The highest BCUT2D eigenvalue weighted by atomic mass is 16.6. The van der Waals surface area contributed by atoms with Crippen molar-refractivity contribution in [2.45, 2.75) is 51.4 Å². The second-order valence-electron chi connectivity index (χ2n) is 8.66. The van der Waals surface area contributed by atoms with Crippen LogP contribution in [0.2, 0.25) is 0 Å². The second-order valence-corrected chi connectivity index (χ2v) is 8.66. The molecular formula is C29H35NO4. The maximum atomic E-state index is 11.0. The van der Waals surface area contributed by atoms with Crippen LogP contribution in [0.4, 0.5) is 17.1 Å². The Labute approximate surface area is 202 Å². The summed E-state index contributed by atoms with van der Waals surface area (Å²) in [5, 5.41) is 30.3. The summed E-state index contributed by atoms with van der Waals surface area (Å²) in [5.41, 5.74) is 5.39. The number of benzene rings is 3. The molecule has 2 unspecified atom stereocenters. The largest absolute Gasteiger partial charge is 0.459 e. The molecule has 0 saturated carbocycles. The van der Waals surface area contributed by atoms with Gasteiger partial charge in [-0.1, -0.05) is 47.9 Å². The molecule has 0 radical (unpaired) electrons. The van der Waals surface area contributed by atoms with Crippen molar-refractivity contribution in [1.82, 2.24) is 0 Å². The Balaban J connectivity index is 1.87. The van der Waals surface area contributed by atoms with E-state index in [0.29, 0.717) is 18.6 Å². The molecule has 3 aromatic carbocycles. The zero-order chi connectivity index (χ0) is 24.6. The highest BCUT2D eigenvalue weighted by molar-refractivity contribution is 5.76. The molecule has 34 heavy (non-hydrogen) atoms. The van der Waals surface area contributed by atoms with Crippen LogP contribution in [0.25, 0.3) is 0 Å². The van der Waals surface area contributed by atoms with Crippen molar-refractivity contribution in [3.63, 3.8) is 0 Å². The number of aliphatic hydroxyl groups is 3. The van der Waals surface area contributed by atoms with E-state index in [1.54, 1.807) is 12.1 Å². The van der Waals surface area contributed by atoms with E-state index >= 15 is 0 Å². The molecule has 0 spiro atoms. The highest BCUT2D eigenvalue weighted by Gasteiger charge is 2.36. The van der Waals surface area contributed by atoms with Crippen LogP contribution < -0.4 is 9.64 Å². The number of hydrogen-bond acceptors (Lipinski definition) is 5. The lowest BCUT2D eigenvalue weighted by atomic mass is 10.0. The smallest absolute Gasteiger partial charge is 0.237 e. The van der Waals surface area contributed by atoms with Gasteiger partial charge in [-0.3, -0.25) is 0 Å². The van der Waals surface area contributed by atoms with Crippen LogP contribution in [0.1, 0.15) is 36.8 Å². The Hall–Kier alpha value is -3.12. The first-order valence-electron chi connectivity index (χ1n) is 11.7. The van der Waals surface area contributed by atoms with Crippen molar-refractivity contribution in [1.29, 1.82) is 0 Å². The summed E-state index contributed by atoms with van der Waals surface area (Å²) in [4.78, 5) is 2.16. The molecule has 3 N–H and O–H groups in total. The van der Waals surface area contributed by atoms with Gasteiger partial charge < -0.3 is 25.0 Å². The summed E-state index contributed by atoms with van der Waals surface area (Å²) in [6.07, 6.45) is 2.24. The topological polar surface area (TPSA) is 73.2 Å². The average Bonchev–Trinajstić information content (AvgIpc) is 2.85. The maximum Gasteiger partial charge on any atom is 0.237 e. The quantitative estimate of drug-likeness (QED) is 0.177. The molecule has 0 heterocycles. The SMILES string of the molecule is C=CC(O)C(O)(CCCCCO)Oc1ccc(N(c2ccc(C)cc2)c2ccc(C)cc2)cc1. The van der Waals surface area contributed by atoms with Gasteiger partial charge in [-0.25, -0.2) is 0 Å². The number of aliphatic hydroxyl groups excluding tert-OH is 2. The van der Waals surface area contributed by atoms with E-state index in [1.807, 2.05) is 12.1 Å². The first-order chi connectivity index (χ1) is 16.4. The zero-order valence-corrected chi connectivity index (χ0v) is 20.0. The summed E-state index contributed by atoms with van der Waals surface area (Å²) in [7, 11) is 0. The second kappa shape index (κ2) is 11.8. The lowest BCUT2D eigenvalue weighted by Gasteiger charge is -2.32. The summed E-state index contributed by atoms with van der Waals surface area (Å²) in [5.74, 6) is -1.34. The number of aryl methyl sites for hydroxylation is 2. The fourth-order valence-corrected chi connectivity index (χ4v) is 3.81. The highest BCUT2D eigenvalue weighted by Crippen LogP contribution is 2.36. The van der Waals surface area contributed by atoms with Crippen LogP contribution in [0.15, 0.2) is 85.5 Å². The zero-order valence-electron chi connectivity index (χ0n) is 20.0. The van der Waals surface area contributed by atoms with Gasteiger partial charge in [0.25, 0.3) is 0 Å². The lowest BCUT2D eigenvalue weighted by Crippen LogP contribution is -2.46. The van der Waals surface area contributed by atoms with Gasteiger partial charge in [0, 0.05) is 30.1 Å². The monoisotopic (exact) mass is 461 g/mol. The van der Waals surface area contributed by atoms with Crippen molar-refractivity contribution in [2.75, 3.05) is 11.5 Å². The molecule has 0 aromatic heterocycles. The van der Waals surface area contributed by atoms with E-state index in [-0.39, 0.29) is 13.0 Å². The molecular weight excluding hydrogens is 426 g/mol. The van der Waals surface area contributed by atoms with Crippen molar-refractivity contribution >= 4 is 17.1 Å². The molecule has 0 aliphatic rings. The van der Waals surface area contributed by atoms with Crippen molar-refractivity contribution in [2.24, 2.45) is 0 Å². The predicted molar refractivity (Wildman–Crippen MR) is 138 cm³/mol. The molecule has 3 aromatic rings. The van der Waals surface area contributed by atoms with Gasteiger partial charge in [-0.2, -0.15) is 0 Å². The Morgan fingerprint density at radius 2 is 1.29 bits per heavy atom. The normalized spacial score (nSPS) is 13.7. The lowest BCUT2D eigenvalue weighted by molar-refractivity contribution is -0.196. The van der Waals surface area contributed by atoms with E-state index in [9.17, 15) is 10.2 Å². The van der Waals surface area contributed by atoms with Crippen LogP contribution >= 0.6 is 0 Å². The van der Waals surface area contributed by atoms with Gasteiger partial charge in [0.2, 0.25) is 5.79 Å². The first-order valence-corrected chi connectivity index (χ1v) is 11.7. The molecule has 0 saturated heterocycles. The van der Waals surface area contributed by atoms with E-state index < -0.39 is 11.9 Å². The van der Waals surface area contributed by atoms with E-state index in [1.165, 1.54) is 17.2 Å². The van der Waals surface area contributed by atoms with Crippen molar-refractivity contribution in [3.8, 4) is 5.75 Å². The third kappa shape index (κ3) is 6.48. The fraction of sp³-hybridized carbons (Fsp3) is 0.310. The van der Waals surface area contributed by atoms with E-state index in [4.69, 9.17) is 9.84 Å². The maximum absolute atomic E-state index is 11.0. The van der Waals surface area contributed by atoms with Gasteiger partial charge in [0.05, 0.1) is 0 Å². The van der Waals surface area contributed by atoms with Crippen LogP contribution in [-0.4, -0.2) is 33.8 Å². The number of unbranched alkanes of at least 4 members (excludes halogenated alkanes) is 2. The van der Waals surface area contributed by atoms with E-state index in [0.717, 1.165) is 23.5 Å². The number of ether oxygens (including phenoxy) is 1. The Morgan fingerprint density at radius 1 is 0.824 bits per heavy atom. The molecule has 2 atom stereocenters. The van der Waals surface area contributed by atoms with Crippen LogP contribution in [-0.2, 0) is 0 Å². The first kappa shape index (κ1) is 25.5. The molecule has 0 fully saturated rings. The third-order valence-corrected chi connectivity index (χ3v) is 5.85. The number of nitrogens with zero attached hydrogens (tertiary/aromatic N) is 1.